The summed E-state index contributed by atoms with van der Waals surface area (Å²) in [5.74, 6) is 1.81. The Morgan fingerprint density at radius 2 is 1.28 bits per heavy atom. The topological polar surface area (TPSA) is 20.2 Å². The lowest BCUT2D eigenvalue weighted by Crippen LogP contribution is -2.38. The van der Waals surface area contributed by atoms with Crippen LogP contribution >= 0.6 is 0 Å². The van der Waals surface area contributed by atoms with Crippen molar-refractivity contribution in [3.8, 4) is 0 Å². The van der Waals surface area contributed by atoms with Crippen LogP contribution in [0.3, 0.4) is 0 Å². The van der Waals surface area contributed by atoms with Crippen molar-refractivity contribution in [2.45, 2.75) is 84.2 Å². The molecule has 0 amide bonds. The second kappa shape index (κ2) is 4.51. The first-order chi connectivity index (χ1) is 8.52. The quantitative estimate of drug-likeness (QED) is 0.763. The van der Waals surface area contributed by atoms with Gasteiger partial charge in [-0.1, -0.05) is 13.8 Å². The van der Waals surface area contributed by atoms with Gasteiger partial charge < -0.3 is 5.11 Å². The molecule has 3 rings (SSSR count). The van der Waals surface area contributed by atoms with Gasteiger partial charge in [0.1, 0.15) is 0 Å². The zero-order chi connectivity index (χ0) is 12.8. The molecule has 0 aliphatic heterocycles. The fourth-order valence-electron chi connectivity index (χ4n) is 4.80. The predicted molar refractivity (Wildman–Crippen MR) is 75.4 cm³/mol. The van der Waals surface area contributed by atoms with Crippen molar-refractivity contribution < 1.29 is 5.11 Å². The van der Waals surface area contributed by atoms with Gasteiger partial charge in [-0.3, -0.25) is 0 Å². The molecule has 3 saturated carbocycles. The summed E-state index contributed by atoms with van der Waals surface area (Å²) in [7, 11) is 0. The minimum absolute atomic E-state index is 0.00172. The van der Waals surface area contributed by atoms with Crippen molar-refractivity contribution >= 4 is 0 Å². The Kier molecular flexibility index (Phi) is 3.25. The molecule has 1 N–H and O–H groups in total. The molecule has 3 fully saturated rings. The molecule has 0 atom stereocenters. The molecular formula is C17H30O. The molecule has 1 spiro atoms. The highest BCUT2D eigenvalue weighted by Gasteiger charge is 2.48. The lowest BCUT2D eigenvalue weighted by atomic mass is 9.59. The smallest absolute Gasteiger partial charge is 0.0540 e. The second-order valence-electron chi connectivity index (χ2n) is 8.10. The highest BCUT2D eigenvalue weighted by Crippen LogP contribution is 2.60. The van der Waals surface area contributed by atoms with Crippen LogP contribution < -0.4 is 0 Å². The van der Waals surface area contributed by atoms with E-state index in [0.717, 1.165) is 30.1 Å². The maximum atomic E-state index is 9.68. The van der Waals surface area contributed by atoms with E-state index < -0.39 is 0 Å². The van der Waals surface area contributed by atoms with E-state index in [1.54, 1.807) is 0 Å². The van der Waals surface area contributed by atoms with Crippen molar-refractivity contribution in [1.82, 2.24) is 0 Å². The van der Waals surface area contributed by atoms with Crippen molar-refractivity contribution in [3.63, 3.8) is 0 Å². The van der Waals surface area contributed by atoms with Crippen LogP contribution in [0.2, 0.25) is 0 Å². The summed E-state index contributed by atoms with van der Waals surface area (Å²) >= 11 is 0. The Balaban J connectivity index is 1.59. The molecule has 3 aliphatic carbocycles. The van der Waals surface area contributed by atoms with Crippen LogP contribution in [-0.2, 0) is 0 Å². The van der Waals surface area contributed by atoms with Crippen molar-refractivity contribution in [3.05, 3.63) is 0 Å². The predicted octanol–water partition coefficient (Wildman–Crippen LogP) is 4.53. The number of hydrogen-bond acceptors (Lipinski definition) is 1. The number of rotatable bonds is 2. The van der Waals surface area contributed by atoms with Gasteiger partial charge in [-0.05, 0) is 86.9 Å². The van der Waals surface area contributed by atoms with E-state index in [9.17, 15) is 5.11 Å². The molecule has 0 bridgehead atoms. The van der Waals surface area contributed by atoms with E-state index >= 15 is 0 Å². The molecule has 0 aromatic rings. The minimum atomic E-state index is -0.00172. The second-order valence-corrected chi connectivity index (χ2v) is 8.10. The molecule has 1 nitrogen and oxygen atoms in total. The van der Waals surface area contributed by atoms with Crippen molar-refractivity contribution in [2.24, 2.45) is 22.7 Å². The van der Waals surface area contributed by atoms with Gasteiger partial charge in [-0.2, -0.15) is 0 Å². The number of hydrogen-bond donors (Lipinski definition) is 1. The first-order valence-corrected chi connectivity index (χ1v) is 8.20. The summed E-state index contributed by atoms with van der Waals surface area (Å²) < 4.78 is 0. The molecule has 0 saturated heterocycles. The zero-order valence-corrected chi connectivity index (χ0v) is 12.3. The third-order valence-corrected chi connectivity index (χ3v) is 6.80. The van der Waals surface area contributed by atoms with E-state index in [1.807, 2.05) is 0 Å². The van der Waals surface area contributed by atoms with Crippen LogP contribution in [-0.4, -0.2) is 11.2 Å². The van der Waals surface area contributed by atoms with Gasteiger partial charge in [-0.25, -0.2) is 0 Å². The standard InChI is InChI=1S/C17H30O/c1-16(2,13-3-5-15(18)6-4-13)14-7-9-17(10-8-14)11-12-17/h13-15,18H,3-12H2,1-2H3. The maximum Gasteiger partial charge on any atom is 0.0540 e. The fraction of sp³-hybridized carbons (Fsp3) is 1.00. The summed E-state index contributed by atoms with van der Waals surface area (Å²) in [5, 5.41) is 9.68. The first-order valence-electron chi connectivity index (χ1n) is 8.20. The average Bonchev–Trinajstić information content (AvgIpc) is 3.10. The van der Waals surface area contributed by atoms with E-state index in [1.165, 1.54) is 51.4 Å². The Hall–Kier alpha value is -0.0400. The number of aliphatic hydroxyl groups is 1. The third-order valence-electron chi connectivity index (χ3n) is 6.80. The molecule has 104 valence electrons. The SMILES string of the molecule is CC(C)(C1CCC(O)CC1)C1CCC2(CC1)CC2. The van der Waals surface area contributed by atoms with E-state index in [0.29, 0.717) is 5.41 Å². The lowest BCUT2D eigenvalue weighted by molar-refractivity contribution is 0.0143. The molecule has 1 heteroatoms. The molecule has 0 aromatic heterocycles. The van der Waals surface area contributed by atoms with Gasteiger partial charge >= 0.3 is 0 Å². The van der Waals surface area contributed by atoms with E-state index in [4.69, 9.17) is 0 Å². The van der Waals surface area contributed by atoms with Gasteiger partial charge in [0.2, 0.25) is 0 Å². The highest BCUT2D eigenvalue weighted by molar-refractivity contribution is 4.99. The number of aliphatic hydroxyl groups excluding tert-OH is 1. The lowest BCUT2D eigenvalue weighted by Gasteiger charge is -2.46. The molecule has 0 heterocycles. The van der Waals surface area contributed by atoms with Crippen LogP contribution in [0.4, 0.5) is 0 Å². The van der Waals surface area contributed by atoms with Crippen LogP contribution in [0.15, 0.2) is 0 Å². The van der Waals surface area contributed by atoms with Crippen LogP contribution in [0.1, 0.15) is 78.1 Å². The van der Waals surface area contributed by atoms with Gasteiger partial charge in [-0.15, -0.1) is 0 Å². The summed E-state index contributed by atoms with van der Waals surface area (Å²) in [6.45, 7) is 5.04. The molecule has 0 radical (unpaired) electrons. The molecule has 18 heavy (non-hydrogen) atoms. The summed E-state index contributed by atoms with van der Waals surface area (Å²) in [6.07, 6.45) is 13.6. The average molecular weight is 250 g/mol. The van der Waals surface area contributed by atoms with Gasteiger partial charge in [0.05, 0.1) is 6.10 Å². The van der Waals surface area contributed by atoms with Crippen LogP contribution in [0.25, 0.3) is 0 Å². The Morgan fingerprint density at radius 1 is 0.778 bits per heavy atom. The zero-order valence-electron chi connectivity index (χ0n) is 12.3. The van der Waals surface area contributed by atoms with E-state index in [2.05, 4.69) is 13.8 Å². The molecule has 3 aliphatic rings. The largest absolute Gasteiger partial charge is 0.393 e. The van der Waals surface area contributed by atoms with Crippen LogP contribution in [0.5, 0.6) is 0 Å². The van der Waals surface area contributed by atoms with E-state index in [-0.39, 0.29) is 6.10 Å². The van der Waals surface area contributed by atoms with Gasteiger partial charge in [0.25, 0.3) is 0 Å². The van der Waals surface area contributed by atoms with Gasteiger partial charge in [0.15, 0.2) is 0 Å². The Morgan fingerprint density at radius 3 is 1.78 bits per heavy atom. The van der Waals surface area contributed by atoms with Crippen molar-refractivity contribution in [1.29, 1.82) is 0 Å². The molecule has 0 unspecified atom stereocenters. The minimum Gasteiger partial charge on any atom is -0.393 e. The molecular weight excluding hydrogens is 220 g/mol. The molecule has 0 aromatic carbocycles. The third kappa shape index (κ3) is 2.35. The summed E-state index contributed by atoms with van der Waals surface area (Å²) in [4.78, 5) is 0. The maximum absolute atomic E-state index is 9.68. The Bertz CT molecular complexity index is 285. The summed E-state index contributed by atoms with van der Waals surface area (Å²) in [6, 6.07) is 0. The van der Waals surface area contributed by atoms with Crippen LogP contribution in [0, 0.1) is 22.7 Å². The fourth-order valence-corrected chi connectivity index (χ4v) is 4.80. The Labute approximate surface area is 112 Å². The first kappa shape index (κ1) is 13.0. The highest BCUT2D eigenvalue weighted by atomic mass is 16.3. The normalized spacial score (nSPS) is 36.8. The monoisotopic (exact) mass is 250 g/mol. The van der Waals surface area contributed by atoms with Crippen molar-refractivity contribution in [2.75, 3.05) is 0 Å². The summed E-state index contributed by atoms with van der Waals surface area (Å²) in [5.41, 5.74) is 1.34. The van der Waals surface area contributed by atoms with Gasteiger partial charge in [0, 0.05) is 0 Å².